The molecular weight excluding hydrogens is 254 g/mol. The van der Waals surface area contributed by atoms with E-state index in [0.29, 0.717) is 17.3 Å². The zero-order chi connectivity index (χ0) is 14.2. The highest BCUT2D eigenvalue weighted by atomic mass is 32.1. The van der Waals surface area contributed by atoms with Gasteiger partial charge in [-0.1, -0.05) is 26.1 Å². The van der Waals surface area contributed by atoms with Crippen molar-refractivity contribution >= 4 is 28.2 Å². The fourth-order valence-corrected chi connectivity index (χ4v) is 2.39. The molecule has 0 saturated heterocycles. The molecule has 1 heterocycles. The Morgan fingerprint density at radius 1 is 1.32 bits per heavy atom. The van der Waals surface area contributed by atoms with Gasteiger partial charge in [0.25, 0.3) is 0 Å². The third kappa shape index (κ3) is 2.78. The van der Waals surface area contributed by atoms with Crippen molar-refractivity contribution in [1.29, 1.82) is 0 Å². The van der Waals surface area contributed by atoms with E-state index in [4.69, 9.17) is 22.9 Å². The molecule has 2 N–H and O–H groups in total. The van der Waals surface area contributed by atoms with Gasteiger partial charge in [-0.3, -0.25) is 0 Å². The Balaban J connectivity index is 2.58. The Kier molecular flexibility index (Phi) is 3.90. The van der Waals surface area contributed by atoms with Crippen molar-refractivity contribution in [2.75, 3.05) is 0 Å². The molecule has 0 aliphatic heterocycles. The van der Waals surface area contributed by atoms with E-state index in [1.807, 2.05) is 0 Å². The minimum absolute atomic E-state index is 0.388. The lowest BCUT2D eigenvalue weighted by Crippen LogP contribution is -2.14. The Bertz CT molecular complexity index is 626. The number of rotatable bonds is 4. The summed E-state index contributed by atoms with van der Waals surface area (Å²) in [6.07, 6.45) is 0.716. The van der Waals surface area contributed by atoms with Gasteiger partial charge in [-0.2, -0.15) is 0 Å². The van der Waals surface area contributed by atoms with Gasteiger partial charge in [-0.15, -0.1) is 0 Å². The van der Waals surface area contributed by atoms with Crippen molar-refractivity contribution in [3.8, 4) is 0 Å². The fourth-order valence-electron chi connectivity index (χ4n) is 2.30. The second-order valence-corrected chi connectivity index (χ2v) is 5.94. The third-order valence-electron chi connectivity index (χ3n) is 3.49. The van der Waals surface area contributed by atoms with Crippen LogP contribution in [0.1, 0.15) is 43.1 Å². The highest BCUT2D eigenvalue weighted by Gasteiger charge is 2.14. The number of aryl methyl sites for hydroxylation is 3. The minimum Gasteiger partial charge on any atom is -0.393 e. The normalized spacial score (nSPS) is 11.4. The summed E-state index contributed by atoms with van der Waals surface area (Å²) in [4.78, 5) is 5.33. The van der Waals surface area contributed by atoms with Gasteiger partial charge in [-0.05, 0) is 37.1 Å². The topological polar surface area (TPSA) is 43.8 Å². The number of nitrogens with two attached hydrogens (primary N) is 1. The molecule has 0 fully saturated rings. The smallest absolute Gasteiger partial charge is 0.112 e. The summed E-state index contributed by atoms with van der Waals surface area (Å²) < 4.78 is 2.26. The van der Waals surface area contributed by atoms with Crippen molar-refractivity contribution in [1.82, 2.24) is 9.55 Å². The van der Waals surface area contributed by atoms with Crippen molar-refractivity contribution in [2.45, 2.75) is 46.6 Å². The fraction of sp³-hybridized carbons (Fsp3) is 0.467. The first-order chi connectivity index (χ1) is 8.90. The first-order valence-electron chi connectivity index (χ1n) is 6.66. The molecule has 0 aliphatic rings. The summed E-state index contributed by atoms with van der Waals surface area (Å²) in [7, 11) is 0. The van der Waals surface area contributed by atoms with Crippen LogP contribution in [0.15, 0.2) is 12.1 Å². The van der Waals surface area contributed by atoms with Crippen molar-refractivity contribution in [3.05, 3.63) is 29.1 Å². The predicted molar refractivity (Wildman–Crippen MR) is 84.7 cm³/mol. The molecule has 2 rings (SSSR count). The Labute approximate surface area is 119 Å². The average molecular weight is 275 g/mol. The lowest BCUT2D eigenvalue weighted by Gasteiger charge is -2.11. The molecular formula is C15H21N3S. The summed E-state index contributed by atoms with van der Waals surface area (Å²) in [5.41, 5.74) is 10.4. The van der Waals surface area contributed by atoms with Crippen LogP contribution in [0.5, 0.6) is 0 Å². The third-order valence-corrected chi connectivity index (χ3v) is 3.70. The van der Waals surface area contributed by atoms with Gasteiger partial charge in [0.2, 0.25) is 0 Å². The number of fused-ring (bicyclic) bond motifs is 1. The molecule has 0 saturated carbocycles. The molecule has 0 spiro atoms. The van der Waals surface area contributed by atoms with Gasteiger partial charge >= 0.3 is 0 Å². The van der Waals surface area contributed by atoms with E-state index in [1.54, 1.807) is 0 Å². The molecule has 0 aliphatic carbocycles. The van der Waals surface area contributed by atoms with Gasteiger partial charge in [0.05, 0.1) is 16.0 Å². The van der Waals surface area contributed by atoms with Gasteiger partial charge in [0.15, 0.2) is 0 Å². The van der Waals surface area contributed by atoms with Crippen LogP contribution in [0.3, 0.4) is 0 Å². The van der Waals surface area contributed by atoms with E-state index in [9.17, 15) is 0 Å². The van der Waals surface area contributed by atoms with Crippen LogP contribution in [0.4, 0.5) is 0 Å². The number of imidazole rings is 1. The van der Waals surface area contributed by atoms with Crippen molar-refractivity contribution in [3.63, 3.8) is 0 Å². The molecule has 2 aromatic rings. The minimum atomic E-state index is 0.388. The molecule has 0 bridgehead atoms. The zero-order valence-electron chi connectivity index (χ0n) is 12.0. The second-order valence-electron chi connectivity index (χ2n) is 5.42. The molecule has 0 atom stereocenters. The standard InChI is InChI=1S/C15H21N3S/c1-9(2)15-17-12-7-10(3)11(4)8-13(12)18(15)6-5-14(16)19/h7-9H,5-6H2,1-4H3,(H2,16,19). The van der Waals surface area contributed by atoms with Crippen molar-refractivity contribution in [2.24, 2.45) is 5.73 Å². The summed E-state index contributed by atoms with van der Waals surface area (Å²) in [5, 5.41) is 0. The van der Waals surface area contributed by atoms with E-state index in [0.717, 1.165) is 17.9 Å². The molecule has 0 amide bonds. The van der Waals surface area contributed by atoms with Gasteiger partial charge in [0.1, 0.15) is 5.82 Å². The lowest BCUT2D eigenvalue weighted by atomic mass is 10.1. The van der Waals surface area contributed by atoms with Gasteiger partial charge in [0, 0.05) is 18.9 Å². The Morgan fingerprint density at radius 2 is 1.95 bits per heavy atom. The average Bonchev–Trinajstić information content (AvgIpc) is 2.65. The SMILES string of the molecule is Cc1cc2nc(C(C)C)n(CCC(N)=S)c2cc1C. The number of thiocarbonyl (C=S) groups is 1. The molecule has 1 aromatic heterocycles. The number of hydrogen-bond acceptors (Lipinski definition) is 2. The lowest BCUT2D eigenvalue weighted by molar-refractivity contribution is 0.649. The maximum Gasteiger partial charge on any atom is 0.112 e. The Morgan fingerprint density at radius 3 is 2.53 bits per heavy atom. The molecule has 1 aromatic carbocycles. The van der Waals surface area contributed by atoms with Crippen LogP contribution in [0, 0.1) is 13.8 Å². The second kappa shape index (κ2) is 5.29. The van der Waals surface area contributed by atoms with Crippen LogP contribution in [0.25, 0.3) is 11.0 Å². The van der Waals surface area contributed by atoms with Gasteiger partial charge in [-0.25, -0.2) is 4.98 Å². The van der Waals surface area contributed by atoms with E-state index in [-0.39, 0.29) is 0 Å². The van der Waals surface area contributed by atoms with Gasteiger partial charge < -0.3 is 10.3 Å². The van der Waals surface area contributed by atoms with Crippen molar-refractivity contribution < 1.29 is 0 Å². The highest BCUT2D eigenvalue weighted by Crippen LogP contribution is 2.25. The quantitative estimate of drug-likeness (QED) is 0.869. The van der Waals surface area contributed by atoms with Crippen LogP contribution < -0.4 is 5.73 Å². The highest BCUT2D eigenvalue weighted by molar-refractivity contribution is 7.80. The van der Waals surface area contributed by atoms with Crippen LogP contribution >= 0.6 is 12.2 Å². The summed E-state index contributed by atoms with van der Waals surface area (Å²) in [6, 6.07) is 4.37. The molecule has 0 unspecified atom stereocenters. The monoisotopic (exact) mass is 275 g/mol. The maximum absolute atomic E-state index is 5.63. The van der Waals surface area contributed by atoms with E-state index < -0.39 is 0 Å². The molecule has 19 heavy (non-hydrogen) atoms. The van der Waals surface area contributed by atoms with E-state index in [2.05, 4.69) is 44.4 Å². The maximum atomic E-state index is 5.63. The Hall–Kier alpha value is -1.42. The summed E-state index contributed by atoms with van der Waals surface area (Å²) >= 11 is 4.99. The summed E-state index contributed by atoms with van der Waals surface area (Å²) in [5.74, 6) is 1.50. The largest absolute Gasteiger partial charge is 0.393 e. The number of aromatic nitrogens is 2. The zero-order valence-corrected chi connectivity index (χ0v) is 12.8. The van der Waals surface area contributed by atoms with Crippen LogP contribution in [-0.2, 0) is 6.54 Å². The predicted octanol–water partition coefficient (Wildman–Crippen LogP) is 3.45. The summed E-state index contributed by atoms with van der Waals surface area (Å²) in [6.45, 7) is 9.39. The number of nitrogens with zero attached hydrogens (tertiary/aromatic N) is 2. The first kappa shape index (κ1) is 14.0. The molecule has 3 nitrogen and oxygen atoms in total. The van der Waals surface area contributed by atoms with Crippen LogP contribution in [0.2, 0.25) is 0 Å². The number of hydrogen-bond donors (Lipinski definition) is 1. The molecule has 4 heteroatoms. The molecule has 0 radical (unpaired) electrons. The molecule has 102 valence electrons. The van der Waals surface area contributed by atoms with E-state index in [1.165, 1.54) is 16.6 Å². The first-order valence-corrected chi connectivity index (χ1v) is 7.06. The van der Waals surface area contributed by atoms with E-state index >= 15 is 0 Å². The van der Waals surface area contributed by atoms with Crippen LogP contribution in [-0.4, -0.2) is 14.5 Å². The number of benzene rings is 1.